The van der Waals surface area contributed by atoms with Gasteiger partial charge in [0.05, 0.1) is 18.1 Å². The average molecular weight is 294 g/mol. The first-order valence-corrected chi connectivity index (χ1v) is 8.07. The highest BCUT2D eigenvalue weighted by atomic mass is 16.5. The maximum absolute atomic E-state index is 5.75. The SMILES string of the molecule is CC(C)(c1noc(CC2CCCCO2)n1)N1CCNCC1. The maximum atomic E-state index is 5.75. The molecule has 2 aliphatic rings. The zero-order valence-corrected chi connectivity index (χ0v) is 13.1. The second kappa shape index (κ2) is 6.42. The molecule has 0 spiro atoms. The number of aromatic nitrogens is 2. The minimum Gasteiger partial charge on any atom is -0.378 e. The number of rotatable bonds is 4. The molecule has 0 amide bonds. The van der Waals surface area contributed by atoms with Crippen LogP contribution in [0, 0.1) is 0 Å². The van der Waals surface area contributed by atoms with Crippen molar-refractivity contribution in [2.75, 3.05) is 32.8 Å². The molecular weight excluding hydrogens is 268 g/mol. The number of hydrogen-bond acceptors (Lipinski definition) is 6. The molecule has 1 unspecified atom stereocenters. The number of nitrogens with one attached hydrogen (secondary N) is 1. The van der Waals surface area contributed by atoms with Crippen LogP contribution in [0.25, 0.3) is 0 Å². The van der Waals surface area contributed by atoms with Gasteiger partial charge >= 0.3 is 0 Å². The second-order valence-electron chi connectivity index (χ2n) is 6.50. The molecule has 3 heterocycles. The first kappa shape index (κ1) is 14.9. The Hall–Kier alpha value is -0.980. The van der Waals surface area contributed by atoms with Gasteiger partial charge in [-0.1, -0.05) is 5.16 Å². The normalized spacial score (nSPS) is 25.1. The molecule has 0 aliphatic carbocycles. The second-order valence-corrected chi connectivity index (χ2v) is 6.50. The lowest BCUT2D eigenvalue weighted by molar-refractivity contribution is 0.0124. The van der Waals surface area contributed by atoms with Crippen LogP contribution in [0.3, 0.4) is 0 Å². The van der Waals surface area contributed by atoms with Gasteiger partial charge in [-0.15, -0.1) is 0 Å². The minimum absolute atomic E-state index is 0.183. The van der Waals surface area contributed by atoms with E-state index in [0.29, 0.717) is 5.89 Å². The third kappa shape index (κ3) is 3.44. The lowest BCUT2D eigenvalue weighted by Crippen LogP contribution is -2.52. The highest BCUT2D eigenvalue weighted by Gasteiger charge is 2.34. The standard InChI is InChI=1S/C15H26N4O2/c1-15(2,19-8-6-16-7-9-19)14-17-13(21-18-14)11-12-5-3-4-10-20-12/h12,16H,3-11H2,1-2H3. The maximum Gasteiger partial charge on any atom is 0.229 e. The molecule has 1 aromatic rings. The first-order chi connectivity index (χ1) is 10.2. The van der Waals surface area contributed by atoms with Gasteiger partial charge in [0.1, 0.15) is 0 Å². The van der Waals surface area contributed by atoms with Gasteiger partial charge in [0.15, 0.2) is 5.82 Å². The Bertz CT molecular complexity index is 448. The van der Waals surface area contributed by atoms with Gasteiger partial charge in [0.25, 0.3) is 0 Å². The van der Waals surface area contributed by atoms with Crippen molar-refractivity contribution in [3.63, 3.8) is 0 Å². The van der Waals surface area contributed by atoms with E-state index in [1.54, 1.807) is 0 Å². The summed E-state index contributed by atoms with van der Waals surface area (Å²) in [7, 11) is 0. The van der Waals surface area contributed by atoms with E-state index in [2.05, 4.69) is 34.2 Å². The van der Waals surface area contributed by atoms with Crippen LogP contribution < -0.4 is 5.32 Å². The van der Waals surface area contributed by atoms with Crippen molar-refractivity contribution < 1.29 is 9.26 Å². The predicted octanol–water partition coefficient (Wildman–Crippen LogP) is 1.32. The third-order valence-corrected chi connectivity index (χ3v) is 4.60. The van der Waals surface area contributed by atoms with Gasteiger partial charge < -0.3 is 14.6 Å². The largest absolute Gasteiger partial charge is 0.378 e. The van der Waals surface area contributed by atoms with E-state index in [4.69, 9.17) is 9.26 Å². The van der Waals surface area contributed by atoms with E-state index < -0.39 is 0 Å². The quantitative estimate of drug-likeness (QED) is 0.903. The van der Waals surface area contributed by atoms with E-state index in [9.17, 15) is 0 Å². The van der Waals surface area contributed by atoms with Gasteiger partial charge in [-0.05, 0) is 33.1 Å². The molecule has 1 aromatic heterocycles. The predicted molar refractivity (Wildman–Crippen MR) is 79.1 cm³/mol. The fourth-order valence-electron chi connectivity index (χ4n) is 3.11. The number of ether oxygens (including phenoxy) is 1. The number of piperazine rings is 1. The molecule has 118 valence electrons. The summed E-state index contributed by atoms with van der Waals surface area (Å²) in [5.41, 5.74) is -0.183. The Kier molecular flexibility index (Phi) is 4.57. The van der Waals surface area contributed by atoms with Crippen molar-refractivity contribution >= 4 is 0 Å². The molecule has 2 aliphatic heterocycles. The first-order valence-electron chi connectivity index (χ1n) is 8.07. The van der Waals surface area contributed by atoms with Crippen LogP contribution in [-0.4, -0.2) is 53.9 Å². The molecule has 0 saturated carbocycles. The van der Waals surface area contributed by atoms with Crippen LogP contribution in [0.4, 0.5) is 0 Å². The van der Waals surface area contributed by atoms with Crippen molar-refractivity contribution in [2.45, 2.75) is 51.2 Å². The van der Waals surface area contributed by atoms with Gasteiger partial charge in [-0.2, -0.15) is 4.98 Å². The Labute approximate surface area is 126 Å². The van der Waals surface area contributed by atoms with Crippen molar-refractivity contribution in [1.29, 1.82) is 0 Å². The zero-order valence-electron chi connectivity index (χ0n) is 13.1. The highest BCUT2D eigenvalue weighted by Crippen LogP contribution is 2.26. The van der Waals surface area contributed by atoms with Crippen molar-refractivity contribution in [3.05, 3.63) is 11.7 Å². The summed E-state index contributed by atoms with van der Waals surface area (Å²) >= 11 is 0. The molecule has 3 rings (SSSR count). The van der Waals surface area contributed by atoms with Crippen LogP contribution in [-0.2, 0) is 16.7 Å². The Morgan fingerprint density at radius 1 is 1.29 bits per heavy atom. The fourth-order valence-corrected chi connectivity index (χ4v) is 3.11. The van der Waals surface area contributed by atoms with Crippen LogP contribution in [0.1, 0.15) is 44.8 Å². The molecule has 2 fully saturated rings. The lowest BCUT2D eigenvalue weighted by Gasteiger charge is -2.38. The monoisotopic (exact) mass is 294 g/mol. The topological polar surface area (TPSA) is 63.4 Å². The fraction of sp³-hybridized carbons (Fsp3) is 0.867. The van der Waals surface area contributed by atoms with Crippen molar-refractivity contribution in [1.82, 2.24) is 20.4 Å². The Morgan fingerprint density at radius 3 is 2.81 bits per heavy atom. The Morgan fingerprint density at radius 2 is 2.10 bits per heavy atom. The molecule has 0 bridgehead atoms. The van der Waals surface area contributed by atoms with E-state index in [0.717, 1.165) is 51.5 Å². The molecule has 1 atom stereocenters. The minimum atomic E-state index is -0.183. The van der Waals surface area contributed by atoms with Gasteiger partial charge in [0.2, 0.25) is 5.89 Å². The summed E-state index contributed by atoms with van der Waals surface area (Å²) < 4.78 is 11.2. The summed E-state index contributed by atoms with van der Waals surface area (Å²) in [6.45, 7) is 9.27. The molecule has 0 aromatic carbocycles. The molecular formula is C15H26N4O2. The van der Waals surface area contributed by atoms with Crippen LogP contribution in [0.2, 0.25) is 0 Å². The van der Waals surface area contributed by atoms with Crippen LogP contribution >= 0.6 is 0 Å². The van der Waals surface area contributed by atoms with Crippen molar-refractivity contribution in [2.24, 2.45) is 0 Å². The lowest BCUT2D eigenvalue weighted by atomic mass is 10.0. The zero-order chi connectivity index (χ0) is 14.7. The van der Waals surface area contributed by atoms with Gasteiger partial charge in [0, 0.05) is 32.8 Å². The Balaban J connectivity index is 1.65. The molecule has 0 radical (unpaired) electrons. The summed E-state index contributed by atoms with van der Waals surface area (Å²) in [6, 6.07) is 0. The molecule has 2 saturated heterocycles. The summed E-state index contributed by atoms with van der Waals surface area (Å²) in [5, 5.41) is 7.60. The van der Waals surface area contributed by atoms with Crippen LogP contribution in [0.15, 0.2) is 4.52 Å². The average Bonchev–Trinajstić information content (AvgIpc) is 2.98. The van der Waals surface area contributed by atoms with Gasteiger partial charge in [-0.3, -0.25) is 4.90 Å². The molecule has 21 heavy (non-hydrogen) atoms. The highest BCUT2D eigenvalue weighted by molar-refractivity contribution is 5.03. The van der Waals surface area contributed by atoms with E-state index in [1.807, 2.05) is 0 Å². The third-order valence-electron chi connectivity index (χ3n) is 4.60. The van der Waals surface area contributed by atoms with E-state index in [1.165, 1.54) is 12.8 Å². The smallest absolute Gasteiger partial charge is 0.229 e. The molecule has 6 nitrogen and oxygen atoms in total. The molecule has 1 N–H and O–H groups in total. The number of nitrogens with zero attached hydrogens (tertiary/aromatic N) is 3. The van der Waals surface area contributed by atoms with Crippen molar-refractivity contribution in [3.8, 4) is 0 Å². The summed E-state index contributed by atoms with van der Waals surface area (Å²) in [5.74, 6) is 1.50. The number of hydrogen-bond donors (Lipinski definition) is 1. The summed E-state index contributed by atoms with van der Waals surface area (Å²) in [6.07, 6.45) is 4.48. The van der Waals surface area contributed by atoms with E-state index >= 15 is 0 Å². The molecule has 6 heteroatoms. The van der Waals surface area contributed by atoms with Gasteiger partial charge in [-0.25, -0.2) is 0 Å². The van der Waals surface area contributed by atoms with Crippen LogP contribution in [0.5, 0.6) is 0 Å². The summed E-state index contributed by atoms with van der Waals surface area (Å²) in [4.78, 5) is 7.04. The van der Waals surface area contributed by atoms with E-state index in [-0.39, 0.29) is 11.6 Å².